The number of carbonyl (C=O) groups is 1. The van der Waals surface area contributed by atoms with E-state index in [-0.39, 0.29) is 5.91 Å². The molecule has 5 nitrogen and oxygen atoms in total. The van der Waals surface area contributed by atoms with Crippen molar-refractivity contribution in [2.24, 2.45) is 0 Å². The third-order valence-electron chi connectivity index (χ3n) is 2.98. The summed E-state index contributed by atoms with van der Waals surface area (Å²) in [4.78, 5) is 14.2. The highest BCUT2D eigenvalue weighted by Gasteiger charge is 2.18. The molecule has 1 aromatic carbocycles. The molecule has 106 valence electrons. The monoisotopic (exact) mass is 273 g/mol. The highest BCUT2D eigenvalue weighted by molar-refractivity contribution is 5.92. The largest absolute Gasteiger partial charge is 0.399 e. The average molecular weight is 273 g/mol. The second kappa shape index (κ2) is 6.23. The van der Waals surface area contributed by atoms with Crippen LogP contribution in [0.5, 0.6) is 0 Å². The lowest BCUT2D eigenvalue weighted by atomic mass is 10.2. The highest BCUT2D eigenvalue weighted by atomic mass is 16.5. The first-order chi connectivity index (χ1) is 9.60. The van der Waals surface area contributed by atoms with Gasteiger partial charge < -0.3 is 15.2 Å². The van der Waals surface area contributed by atoms with Gasteiger partial charge in [-0.2, -0.15) is 0 Å². The van der Waals surface area contributed by atoms with Gasteiger partial charge in [0, 0.05) is 24.8 Å². The van der Waals surface area contributed by atoms with Gasteiger partial charge in [-0.1, -0.05) is 24.2 Å². The Labute approximate surface area is 118 Å². The van der Waals surface area contributed by atoms with Crippen LogP contribution in [0.3, 0.4) is 0 Å². The van der Waals surface area contributed by atoms with Crippen molar-refractivity contribution < 1.29 is 9.32 Å². The van der Waals surface area contributed by atoms with Crippen molar-refractivity contribution in [1.82, 2.24) is 10.1 Å². The van der Waals surface area contributed by atoms with Crippen LogP contribution in [0.25, 0.3) is 0 Å². The van der Waals surface area contributed by atoms with E-state index in [1.807, 2.05) is 31.2 Å². The summed E-state index contributed by atoms with van der Waals surface area (Å²) in [5, 5.41) is 3.79. The number of rotatable bonds is 5. The first kappa shape index (κ1) is 14.1. The van der Waals surface area contributed by atoms with Crippen molar-refractivity contribution >= 4 is 11.6 Å². The number of benzene rings is 1. The van der Waals surface area contributed by atoms with Crippen LogP contribution >= 0.6 is 0 Å². The van der Waals surface area contributed by atoms with E-state index in [1.54, 1.807) is 17.9 Å². The fourth-order valence-corrected chi connectivity index (χ4v) is 1.99. The van der Waals surface area contributed by atoms with Crippen LogP contribution < -0.4 is 5.73 Å². The lowest BCUT2D eigenvalue weighted by Gasteiger charge is -2.21. The first-order valence-electron chi connectivity index (χ1n) is 6.67. The van der Waals surface area contributed by atoms with E-state index in [4.69, 9.17) is 10.3 Å². The molecule has 0 radical (unpaired) electrons. The van der Waals surface area contributed by atoms with Gasteiger partial charge in [-0.05, 0) is 31.0 Å². The minimum Gasteiger partial charge on any atom is -0.399 e. The summed E-state index contributed by atoms with van der Waals surface area (Å²) in [6.45, 7) is 5.03. The Morgan fingerprint density at radius 2 is 2.05 bits per heavy atom. The Bertz CT molecular complexity index is 575. The molecule has 2 N–H and O–H groups in total. The van der Waals surface area contributed by atoms with Crippen molar-refractivity contribution in [1.29, 1.82) is 0 Å². The van der Waals surface area contributed by atoms with Gasteiger partial charge in [0.1, 0.15) is 5.76 Å². The summed E-state index contributed by atoms with van der Waals surface area (Å²) in [7, 11) is 0. The Morgan fingerprint density at radius 1 is 1.35 bits per heavy atom. The van der Waals surface area contributed by atoms with Crippen molar-refractivity contribution in [2.45, 2.75) is 26.8 Å². The molecule has 0 aliphatic heterocycles. The number of nitrogen functional groups attached to an aromatic ring is 1. The summed E-state index contributed by atoms with van der Waals surface area (Å²) >= 11 is 0. The van der Waals surface area contributed by atoms with Crippen molar-refractivity contribution in [3.05, 3.63) is 47.3 Å². The maximum atomic E-state index is 12.4. The molecule has 2 aromatic rings. The highest BCUT2D eigenvalue weighted by Crippen LogP contribution is 2.12. The molecule has 0 unspecified atom stereocenters. The van der Waals surface area contributed by atoms with E-state index in [1.165, 1.54) is 0 Å². The van der Waals surface area contributed by atoms with Crippen LogP contribution in [-0.2, 0) is 6.54 Å². The van der Waals surface area contributed by atoms with Crippen molar-refractivity contribution in [3.63, 3.8) is 0 Å². The number of nitrogens with two attached hydrogens (primary N) is 1. The van der Waals surface area contributed by atoms with Crippen LogP contribution in [0.2, 0.25) is 0 Å². The predicted octanol–water partition coefficient (Wildman–Crippen LogP) is 2.62. The van der Waals surface area contributed by atoms with Crippen LogP contribution in [0, 0.1) is 6.92 Å². The van der Waals surface area contributed by atoms with E-state index < -0.39 is 0 Å². The zero-order chi connectivity index (χ0) is 14.5. The van der Waals surface area contributed by atoms with Crippen LogP contribution in [0.1, 0.15) is 35.2 Å². The molecular formula is C15H19N3O2. The molecule has 1 aromatic heterocycles. The fraction of sp³-hybridized carbons (Fsp3) is 0.333. The predicted molar refractivity (Wildman–Crippen MR) is 77.1 cm³/mol. The minimum absolute atomic E-state index is 0.111. The summed E-state index contributed by atoms with van der Waals surface area (Å²) in [6, 6.07) is 9.20. The smallest absolute Gasteiger partial charge is 0.276 e. The van der Waals surface area contributed by atoms with E-state index in [0.29, 0.717) is 30.2 Å². The second-order valence-corrected chi connectivity index (χ2v) is 4.79. The van der Waals surface area contributed by atoms with Gasteiger partial charge >= 0.3 is 0 Å². The zero-order valence-electron chi connectivity index (χ0n) is 11.8. The molecule has 1 amide bonds. The molecule has 0 fully saturated rings. The number of anilines is 1. The number of nitrogens with zero attached hydrogens (tertiary/aromatic N) is 2. The average Bonchev–Trinajstić information content (AvgIpc) is 2.86. The molecule has 0 spiro atoms. The first-order valence-corrected chi connectivity index (χ1v) is 6.67. The molecular weight excluding hydrogens is 254 g/mol. The molecule has 0 saturated carbocycles. The number of amides is 1. The Hall–Kier alpha value is -2.30. The Balaban J connectivity index is 2.14. The van der Waals surface area contributed by atoms with Gasteiger partial charge in [-0.15, -0.1) is 0 Å². The van der Waals surface area contributed by atoms with Gasteiger partial charge in [0.2, 0.25) is 0 Å². The van der Waals surface area contributed by atoms with Crippen LogP contribution in [0.4, 0.5) is 5.69 Å². The standard InChI is InChI=1S/C15H19N3O2/c1-3-8-18(10-12-4-6-13(16)7-5-12)15(19)14-9-11(2)20-17-14/h4-7,9H,3,8,10,16H2,1-2H3. The van der Waals surface area contributed by atoms with Gasteiger partial charge in [0.25, 0.3) is 5.91 Å². The number of aromatic nitrogens is 1. The number of hydrogen-bond donors (Lipinski definition) is 1. The zero-order valence-corrected chi connectivity index (χ0v) is 11.8. The Morgan fingerprint density at radius 3 is 2.60 bits per heavy atom. The summed E-state index contributed by atoms with van der Waals surface area (Å²) in [5.41, 5.74) is 7.78. The molecule has 0 aliphatic rings. The molecule has 20 heavy (non-hydrogen) atoms. The normalized spacial score (nSPS) is 10.5. The number of hydrogen-bond acceptors (Lipinski definition) is 4. The number of carbonyl (C=O) groups excluding carboxylic acids is 1. The topological polar surface area (TPSA) is 72.4 Å². The van der Waals surface area contributed by atoms with E-state index >= 15 is 0 Å². The van der Waals surface area contributed by atoms with E-state index in [0.717, 1.165) is 12.0 Å². The summed E-state index contributed by atoms with van der Waals surface area (Å²) < 4.78 is 4.97. The minimum atomic E-state index is -0.111. The van der Waals surface area contributed by atoms with Crippen LogP contribution in [0.15, 0.2) is 34.9 Å². The van der Waals surface area contributed by atoms with Crippen molar-refractivity contribution in [3.8, 4) is 0 Å². The molecule has 0 aliphatic carbocycles. The van der Waals surface area contributed by atoms with E-state index in [2.05, 4.69) is 5.16 Å². The molecule has 2 rings (SSSR count). The van der Waals surface area contributed by atoms with Crippen molar-refractivity contribution in [2.75, 3.05) is 12.3 Å². The quantitative estimate of drug-likeness (QED) is 0.850. The molecule has 5 heteroatoms. The number of aryl methyl sites for hydroxylation is 1. The van der Waals surface area contributed by atoms with Gasteiger partial charge in [0.15, 0.2) is 5.69 Å². The maximum absolute atomic E-state index is 12.4. The molecule has 0 bridgehead atoms. The second-order valence-electron chi connectivity index (χ2n) is 4.79. The van der Waals surface area contributed by atoms with Gasteiger partial charge in [-0.3, -0.25) is 4.79 Å². The lowest BCUT2D eigenvalue weighted by molar-refractivity contribution is 0.0732. The third kappa shape index (κ3) is 3.38. The van der Waals surface area contributed by atoms with E-state index in [9.17, 15) is 4.79 Å². The summed E-state index contributed by atoms with van der Waals surface area (Å²) in [5.74, 6) is 0.526. The Kier molecular flexibility index (Phi) is 4.40. The fourth-order valence-electron chi connectivity index (χ4n) is 1.99. The molecule has 0 saturated heterocycles. The van der Waals surface area contributed by atoms with Crippen LogP contribution in [-0.4, -0.2) is 22.5 Å². The lowest BCUT2D eigenvalue weighted by Crippen LogP contribution is -2.31. The third-order valence-corrected chi connectivity index (χ3v) is 2.98. The van der Waals surface area contributed by atoms with Gasteiger partial charge in [-0.25, -0.2) is 0 Å². The molecule has 1 heterocycles. The SMILES string of the molecule is CCCN(Cc1ccc(N)cc1)C(=O)c1cc(C)on1. The maximum Gasteiger partial charge on any atom is 0.276 e. The van der Waals surface area contributed by atoms with Gasteiger partial charge in [0.05, 0.1) is 0 Å². The summed E-state index contributed by atoms with van der Waals surface area (Å²) in [6.07, 6.45) is 0.886. The molecule has 0 atom stereocenters.